The molecule has 20 heavy (non-hydrogen) atoms. The average molecular weight is 263 g/mol. The Balaban J connectivity index is 1.98. The van der Waals surface area contributed by atoms with Crippen LogP contribution in [0.3, 0.4) is 0 Å². The predicted molar refractivity (Wildman–Crippen MR) is 79.7 cm³/mol. The Morgan fingerprint density at radius 2 is 1.75 bits per heavy atom. The first kappa shape index (κ1) is 13.4. The molecule has 0 aliphatic rings. The number of nitriles is 1. The normalized spacial score (nSPS) is 10.2. The van der Waals surface area contributed by atoms with E-state index in [2.05, 4.69) is 5.32 Å². The highest BCUT2D eigenvalue weighted by Crippen LogP contribution is 2.10. The van der Waals surface area contributed by atoms with Gasteiger partial charge in [-0.1, -0.05) is 12.1 Å². The number of nitrogens with two attached hydrogens (primary N) is 1. The minimum Gasteiger partial charge on any atom is -0.399 e. The Bertz CT molecular complexity index is 664. The van der Waals surface area contributed by atoms with Gasteiger partial charge in [0.1, 0.15) is 0 Å². The molecular formula is C16H13N3O. The molecule has 0 saturated heterocycles. The van der Waals surface area contributed by atoms with Crippen LogP contribution in [0, 0.1) is 11.3 Å². The van der Waals surface area contributed by atoms with Gasteiger partial charge < -0.3 is 11.1 Å². The van der Waals surface area contributed by atoms with Gasteiger partial charge in [0.15, 0.2) is 0 Å². The molecule has 0 spiro atoms. The number of hydrogen-bond donors (Lipinski definition) is 2. The molecule has 3 N–H and O–H groups in total. The van der Waals surface area contributed by atoms with Crippen LogP contribution in [0.15, 0.2) is 54.6 Å². The van der Waals surface area contributed by atoms with Gasteiger partial charge >= 0.3 is 0 Å². The highest BCUT2D eigenvalue weighted by molar-refractivity contribution is 6.01. The van der Waals surface area contributed by atoms with E-state index in [4.69, 9.17) is 11.0 Å². The number of nitrogens with one attached hydrogen (secondary N) is 1. The smallest absolute Gasteiger partial charge is 0.248 e. The van der Waals surface area contributed by atoms with Crippen molar-refractivity contribution in [3.63, 3.8) is 0 Å². The Labute approximate surface area is 117 Å². The molecule has 0 heterocycles. The number of benzene rings is 2. The molecule has 0 aliphatic carbocycles. The van der Waals surface area contributed by atoms with Crippen molar-refractivity contribution in [2.24, 2.45) is 0 Å². The first-order valence-electron chi connectivity index (χ1n) is 6.02. The Hall–Kier alpha value is -3.06. The molecule has 0 bridgehead atoms. The maximum atomic E-state index is 11.7. The van der Waals surface area contributed by atoms with Crippen LogP contribution in [0.5, 0.6) is 0 Å². The maximum Gasteiger partial charge on any atom is 0.248 e. The lowest BCUT2D eigenvalue weighted by atomic mass is 10.2. The molecule has 0 aliphatic heterocycles. The van der Waals surface area contributed by atoms with Gasteiger partial charge in [0.05, 0.1) is 11.6 Å². The lowest BCUT2D eigenvalue weighted by Crippen LogP contribution is -2.07. The van der Waals surface area contributed by atoms with E-state index in [-0.39, 0.29) is 5.91 Å². The van der Waals surface area contributed by atoms with Crippen LogP contribution < -0.4 is 11.1 Å². The summed E-state index contributed by atoms with van der Waals surface area (Å²) in [5, 5.41) is 11.4. The van der Waals surface area contributed by atoms with Crippen LogP contribution in [0.1, 0.15) is 11.1 Å². The number of carbonyl (C=O) groups is 1. The van der Waals surface area contributed by atoms with Crippen molar-refractivity contribution < 1.29 is 4.79 Å². The van der Waals surface area contributed by atoms with Crippen LogP contribution in [0.4, 0.5) is 11.4 Å². The Kier molecular flexibility index (Phi) is 4.15. The molecule has 0 unspecified atom stereocenters. The number of amides is 1. The number of rotatable bonds is 3. The highest BCUT2D eigenvalue weighted by atomic mass is 16.1. The SMILES string of the molecule is N#Cc1ccc(NC(=O)/C=C/c2ccc(N)cc2)cc1. The fourth-order valence-electron chi connectivity index (χ4n) is 1.59. The van der Waals surface area contributed by atoms with Gasteiger partial charge in [-0.25, -0.2) is 0 Å². The van der Waals surface area contributed by atoms with Crippen molar-refractivity contribution in [2.75, 3.05) is 11.1 Å². The second kappa shape index (κ2) is 6.21. The van der Waals surface area contributed by atoms with Crippen molar-refractivity contribution in [1.29, 1.82) is 5.26 Å². The van der Waals surface area contributed by atoms with Crippen molar-refractivity contribution in [2.45, 2.75) is 0 Å². The van der Waals surface area contributed by atoms with Crippen molar-refractivity contribution in [3.8, 4) is 6.07 Å². The van der Waals surface area contributed by atoms with E-state index in [1.165, 1.54) is 6.08 Å². The summed E-state index contributed by atoms with van der Waals surface area (Å²) in [7, 11) is 0. The number of anilines is 2. The van der Waals surface area contributed by atoms with Crippen LogP contribution in [0.25, 0.3) is 6.08 Å². The largest absolute Gasteiger partial charge is 0.399 e. The first-order chi connectivity index (χ1) is 9.67. The van der Waals surface area contributed by atoms with Gasteiger partial charge in [0.2, 0.25) is 5.91 Å². The quantitative estimate of drug-likeness (QED) is 0.660. The van der Waals surface area contributed by atoms with Crippen molar-refractivity contribution in [1.82, 2.24) is 0 Å². The van der Waals surface area contributed by atoms with Crippen LogP contribution in [-0.2, 0) is 4.79 Å². The molecule has 0 saturated carbocycles. The van der Waals surface area contributed by atoms with E-state index in [9.17, 15) is 4.79 Å². The van der Waals surface area contributed by atoms with Crippen molar-refractivity contribution in [3.05, 3.63) is 65.7 Å². The third-order valence-corrected chi connectivity index (χ3v) is 2.65. The number of hydrogen-bond acceptors (Lipinski definition) is 3. The standard InChI is InChI=1S/C16H13N3O/c17-11-13-3-8-15(9-4-13)19-16(20)10-5-12-1-6-14(18)7-2-12/h1-10H,18H2,(H,19,20)/b10-5+. The zero-order valence-electron chi connectivity index (χ0n) is 10.7. The predicted octanol–water partition coefficient (Wildman–Crippen LogP) is 2.79. The van der Waals surface area contributed by atoms with Crippen LogP contribution in [-0.4, -0.2) is 5.91 Å². The molecule has 1 amide bonds. The molecule has 4 heteroatoms. The maximum absolute atomic E-state index is 11.7. The zero-order chi connectivity index (χ0) is 14.4. The summed E-state index contributed by atoms with van der Waals surface area (Å²) >= 11 is 0. The summed E-state index contributed by atoms with van der Waals surface area (Å²) in [6.07, 6.45) is 3.15. The van der Waals surface area contributed by atoms with Gasteiger partial charge in [0.25, 0.3) is 0 Å². The van der Waals surface area contributed by atoms with Crippen LogP contribution in [0.2, 0.25) is 0 Å². The van der Waals surface area contributed by atoms with E-state index >= 15 is 0 Å². The minimum atomic E-state index is -0.230. The summed E-state index contributed by atoms with van der Waals surface area (Å²) in [5.41, 5.74) is 8.37. The minimum absolute atomic E-state index is 0.230. The van der Waals surface area contributed by atoms with E-state index in [0.717, 1.165) is 5.56 Å². The van der Waals surface area contributed by atoms with E-state index in [0.29, 0.717) is 16.9 Å². The third-order valence-electron chi connectivity index (χ3n) is 2.65. The molecule has 2 aromatic carbocycles. The Morgan fingerprint density at radius 3 is 2.35 bits per heavy atom. The summed E-state index contributed by atoms with van der Waals surface area (Å²) in [4.78, 5) is 11.7. The van der Waals surface area contributed by atoms with E-state index < -0.39 is 0 Å². The molecular weight excluding hydrogens is 250 g/mol. The summed E-state index contributed by atoms with van der Waals surface area (Å²) < 4.78 is 0. The number of nitrogen functional groups attached to an aromatic ring is 1. The highest BCUT2D eigenvalue weighted by Gasteiger charge is 1.98. The Morgan fingerprint density at radius 1 is 1.10 bits per heavy atom. The molecule has 0 fully saturated rings. The molecule has 2 rings (SSSR count). The zero-order valence-corrected chi connectivity index (χ0v) is 10.7. The summed E-state index contributed by atoms with van der Waals surface area (Å²) in [5.74, 6) is -0.230. The topological polar surface area (TPSA) is 78.9 Å². The second-order valence-corrected chi connectivity index (χ2v) is 4.18. The van der Waals surface area contributed by atoms with Gasteiger partial charge in [-0.2, -0.15) is 5.26 Å². The van der Waals surface area contributed by atoms with E-state index in [1.807, 2.05) is 18.2 Å². The monoisotopic (exact) mass is 263 g/mol. The van der Waals surface area contributed by atoms with Gasteiger partial charge in [-0.3, -0.25) is 4.79 Å². The second-order valence-electron chi connectivity index (χ2n) is 4.18. The first-order valence-corrected chi connectivity index (χ1v) is 6.02. The molecule has 4 nitrogen and oxygen atoms in total. The molecule has 0 aromatic heterocycles. The van der Waals surface area contributed by atoms with Crippen LogP contribution >= 0.6 is 0 Å². The average Bonchev–Trinajstić information content (AvgIpc) is 2.47. The van der Waals surface area contributed by atoms with Gasteiger partial charge in [0, 0.05) is 17.5 Å². The molecule has 0 radical (unpaired) electrons. The van der Waals surface area contributed by atoms with Crippen molar-refractivity contribution >= 4 is 23.4 Å². The summed E-state index contributed by atoms with van der Waals surface area (Å²) in [6, 6.07) is 15.9. The molecule has 0 atom stereocenters. The van der Waals surface area contributed by atoms with E-state index in [1.54, 1.807) is 42.5 Å². The fourth-order valence-corrected chi connectivity index (χ4v) is 1.59. The molecule has 98 valence electrons. The van der Waals surface area contributed by atoms with Gasteiger partial charge in [-0.15, -0.1) is 0 Å². The van der Waals surface area contributed by atoms with Gasteiger partial charge in [-0.05, 0) is 48.0 Å². The summed E-state index contributed by atoms with van der Waals surface area (Å²) in [6.45, 7) is 0. The number of nitrogens with zero attached hydrogens (tertiary/aromatic N) is 1. The third kappa shape index (κ3) is 3.72. The number of carbonyl (C=O) groups excluding carboxylic acids is 1. The lowest BCUT2D eigenvalue weighted by Gasteiger charge is -2.01. The molecule has 2 aromatic rings. The fraction of sp³-hybridized carbons (Fsp3) is 0. The lowest BCUT2D eigenvalue weighted by molar-refractivity contribution is -0.111.